The van der Waals surface area contributed by atoms with Crippen LogP contribution < -0.4 is 10.6 Å². The standard InChI is InChI=1S/C18H24N4O/c1-12(2)7-8-19-17-11-20-16(10-21-17)18(23)22-15-9-13(3)5-6-14(15)4/h5-6,9-12H,7-8H2,1-4H3,(H,19,21)(H,22,23). The van der Waals surface area contributed by atoms with Gasteiger partial charge in [0.05, 0.1) is 12.4 Å². The third kappa shape index (κ3) is 5.06. The van der Waals surface area contributed by atoms with E-state index in [2.05, 4.69) is 34.4 Å². The summed E-state index contributed by atoms with van der Waals surface area (Å²) in [5.74, 6) is 1.08. The normalized spacial score (nSPS) is 10.7. The maximum Gasteiger partial charge on any atom is 0.275 e. The first kappa shape index (κ1) is 16.9. The number of anilines is 2. The van der Waals surface area contributed by atoms with Gasteiger partial charge in [-0.05, 0) is 43.4 Å². The molecule has 0 aliphatic rings. The monoisotopic (exact) mass is 312 g/mol. The smallest absolute Gasteiger partial charge is 0.275 e. The zero-order chi connectivity index (χ0) is 16.8. The average molecular weight is 312 g/mol. The van der Waals surface area contributed by atoms with Gasteiger partial charge in [0.2, 0.25) is 0 Å². The molecule has 1 aromatic carbocycles. The molecule has 5 heteroatoms. The molecule has 0 bridgehead atoms. The summed E-state index contributed by atoms with van der Waals surface area (Å²) in [6, 6.07) is 5.95. The fourth-order valence-electron chi connectivity index (χ4n) is 2.08. The summed E-state index contributed by atoms with van der Waals surface area (Å²) in [7, 11) is 0. The van der Waals surface area contributed by atoms with Crippen LogP contribution in [0.1, 0.15) is 41.9 Å². The summed E-state index contributed by atoms with van der Waals surface area (Å²) >= 11 is 0. The molecule has 0 fully saturated rings. The molecule has 2 aromatic rings. The molecule has 0 aliphatic carbocycles. The van der Waals surface area contributed by atoms with Crippen molar-refractivity contribution < 1.29 is 4.79 Å². The van der Waals surface area contributed by atoms with Crippen molar-refractivity contribution in [1.82, 2.24) is 9.97 Å². The van der Waals surface area contributed by atoms with Gasteiger partial charge in [0.25, 0.3) is 5.91 Å². The van der Waals surface area contributed by atoms with E-state index >= 15 is 0 Å². The molecule has 2 N–H and O–H groups in total. The summed E-state index contributed by atoms with van der Waals surface area (Å²) in [6.07, 6.45) is 4.16. The van der Waals surface area contributed by atoms with Gasteiger partial charge in [0, 0.05) is 12.2 Å². The Morgan fingerprint density at radius 3 is 2.61 bits per heavy atom. The maximum atomic E-state index is 12.3. The number of aryl methyl sites for hydroxylation is 2. The number of carbonyl (C=O) groups is 1. The number of hydrogen-bond acceptors (Lipinski definition) is 4. The number of aromatic nitrogens is 2. The van der Waals surface area contributed by atoms with Gasteiger partial charge < -0.3 is 10.6 Å². The second-order valence-electron chi connectivity index (χ2n) is 6.17. The predicted octanol–water partition coefficient (Wildman–Crippen LogP) is 3.80. The molecule has 0 saturated carbocycles. The second kappa shape index (κ2) is 7.72. The van der Waals surface area contributed by atoms with Crippen LogP contribution in [0.4, 0.5) is 11.5 Å². The van der Waals surface area contributed by atoms with Gasteiger partial charge in [-0.2, -0.15) is 0 Å². The Kier molecular flexibility index (Phi) is 5.68. The Morgan fingerprint density at radius 1 is 1.17 bits per heavy atom. The molecule has 1 amide bonds. The van der Waals surface area contributed by atoms with Crippen molar-refractivity contribution in [3.63, 3.8) is 0 Å². The molecule has 122 valence electrons. The van der Waals surface area contributed by atoms with E-state index in [9.17, 15) is 4.79 Å². The van der Waals surface area contributed by atoms with Crippen molar-refractivity contribution in [3.8, 4) is 0 Å². The largest absolute Gasteiger partial charge is 0.369 e. The van der Waals surface area contributed by atoms with Gasteiger partial charge >= 0.3 is 0 Å². The number of hydrogen-bond donors (Lipinski definition) is 2. The van der Waals surface area contributed by atoms with E-state index in [0.717, 1.165) is 29.8 Å². The molecule has 1 aromatic heterocycles. The third-order valence-corrected chi connectivity index (χ3v) is 3.55. The molecule has 0 atom stereocenters. The molecule has 0 saturated heterocycles. The van der Waals surface area contributed by atoms with Gasteiger partial charge in [-0.15, -0.1) is 0 Å². The summed E-state index contributed by atoms with van der Waals surface area (Å²) in [5, 5.41) is 6.09. The number of nitrogens with one attached hydrogen (secondary N) is 2. The van der Waals surface area contributed by atoms with Crippen LogP contribution in [0.2, 0.25) is 0 Å². The molecule has 1 heterocycles. The topological polar surface area (TPSA) is 66.9 Å². The third-order valence-electron chi connectivity index (χ3n) is 3.55. The van der Waals surface area contributed by atoms with Crippen LogP contribution in [-0.2, 0) is 0 Å². The summed E-state index contributed by atoms with van der Waals surface area (Å²) in [5.41, 5.74) is 3.22. The van der Waals surface area contributed by atoms with Crippen LogP contribution in [0, 0.1) is 19.8 Å². The van der Waals surface area contributed by atoms with E-state index in [1.165, 1.54) is 6.20 Å². The van der Waals surface area contributed by atoms with E-state index in [1.807, 2.05) is 32.0 Å². The fraction of sp³-hybridized carbons (Fsp3) is 0.389. The van der Waals surface area contributed by atoms with E-state index < -0.39 is 0 Å². The van der Waals surface area contributed by atoms with Crippen LogP contribution in [-0.4, -0.2) is 22.4 Å². The lowest BCUT2D eigenvalue weighted by atomic mass is 10.1. The van der Waals surface area contributed by atoms with Crippen molar-refractivity contribution in [1.29, 1.82) is 0 Å². The van der Waals surface area contributed by atoms with Gasteiger partial charge in [0.1, 0.15) is 11.5 Å². The summed E-state index contributed by atoms with van der Waals surface area (Å²) in [4.78, 5) is 20.7. The number of amides is 1. The highest BCUT2D eigenvalue weighted by atomic mass is 16.1. The molecule has 0 radical (unpaired) electrons. The lowest BCUT2D eigenvalue weighted by molar-refractivity contribution is 0.102. The Hall–Kier alpha value is -2.43. The lowest BCUT2D eigenvalue weighted by Gasteiger charge is -2.10. The minimum atomic E-state index is -0.250. The Balaban J connectivity index is 1.98. The molecule has 0 unspecified atom stereocenters. The predicted molar refractivity (Wildman–Crippen MR) is 93.8 cm³/mol. The first-order chi connectivity index (χ1) is 11.0. The highest BCUT2D eigenvalue weighted by molar-refractivity contribution is 6.03. The SMILES string of the molecule is Cc1ccc(C)c(NC(=O)c2cnc(NCCC(C)C)cn2)c1. The van der Waals surface area contributed by atoms with Gasteiger partial charge in [0.15, 0.2) is 0 Å². The van der Waals surface area contributed by atoms with Gasteiger partial charge in [-0.1, -0.05) is 26.0 Å². The molecule has 0 spiro atoms. The molecule has 23 heavy (non-hydrogen) atoms. The molecular weight excluding hydrogens is 288 g/mol. The van der Waals surface area contributed by atoms with Crippen molar-refractivity contribution >= 4 is 17.4 Å². The van der Waals surface area contributed by atoms with E-state index in [0.29, 0.717) is 17.4 Å². The number of nitrogens with zero attached hydrogens (tertiary/aromatic N) is 2. The highest BCUT2D eigenvalue weighted by Gasteiger charge is 2.10. The maximum absolute atomic E-state index is 12.3. The number of carbonyl (C=O) groups excluding carboxylic acids is 1. The van der Waals surface area contributed by atoms with Crippen molar-refractivity contribution in [2.75, 3.05) is 17.2 Å². The zero-order valence-electron chi connectivity index (χ0n) is 14.2. The van der Waals surface area contributed by atoms with E-state index in [-0.39, 0.29) is 5.91 Å². The molecule has 2 rings (SSSR count). The average Bonchev–Trinajstić information content (AvgIpc) is 2.51. The van der Waals surface area contributed by atoms with Crippen LogP contribution >= 0.6 is 0 Å². The molecule has 5 nitrogen and oxygen atoms in total. The first-order valence-electron chi connectivity index (χ1n) is 7.90. The zero-order valence-corrected chi connectivity index (χ0v) is 14.2. The number of benzene rings is 1. The molecular formula is C18H24N4O. The van der Waals surface area contributed by atoms with E-state index in [4.69, 9.17) is 0 Å². The van der Waals surface area contributed by atoms with Gasteiger partial charge in [-0.3, -0.25) is 4.79 Å². The quantitative estimate of drug-likeness (QED) is 0.851. The van der Waals surface area contributed by atoms with Crippen LogP contribution in [0.5, 0.6) is 0 Å². The Labute approximate surface area is 137 Å². The fourth-order valence-corrected chi connectivity index (χ4v) is 2.08. The van der Waals surface area contributed by atoms with Gasteiger partial charge in [-0.25, -0.2) is 9.97 Å². The first-order valence-corrected chi connectivity index (χ1v) is 7.90. The van der Waals surface area contributed by atoms with Crippen molar-refractivity contribution in [2.24, 2.45) is 5.92 Å². The van der Waals surface area contributed by atoms with Crippen LogP contribution in [0.25, 0.3) is 0 Å². The minimum absolute atomic E-state index is 0.250. The van der Waals surface area contributed by atoms with Crippen molar-refractivity contribution in [3.05, 3.63) is 47.4 Å². The van der Waals surface area contributed by atoms with Crippen molar-refractivity contribution in [2.45, 2.75) is 34.1 Å². The minimum Gasteiger partial charge on any atom is -0.369 e. The van der Waals surface area contributed by atoms with E-state index in [1.54, 1.807) is 6.20 Å². The lowest BCUT2D eigenvalue weighted by Crippen LogP contribution is -2.15. The highest BCUT2D eigenvalue weighted by Crippen LogP contribution is 2.17. The van der Waals surface area contributed by atoms with Crippen LogP contribution in [0.3, 0.4) is 0 Å². The summed E-state index contributed by atoms with van der Waals surface area (Å²) < 4.78 is 0. The second-order valence-corrected chi connectivity index (χ2v) is 6.17. The molecule has 0 aliphatic heterocycles. The summed E-state index contributed by atoms with van der Waals surface area (Å²) in [6.45, 7) is 9.15. The Bertz CT molecular complexity index is 665. The number of rotatable bonds is 6. The Morgan fingerprint density at radius 2 is 1.96 bits per heavy atom. The van der Waals surface area contributed by atoms with Crippen LogP contribution in [0.15, 0.2) is 30.6 Å².